The summed E-state index contributed by atoms with van der Waals surface area (Å²) in [5, 5.41) is 2.84. The minimum Gasteiger partial charge on any atom is -0.450 e. The Kier molecular flexibility index (Phi) is 4.19. The Morgan fingerprint density at radius 3 is 3.12 bits per heavy atom. The summed E-state index contributed by atoms with van der Waals surface area (Å²) >= 11 is 5.50. The lowest BCUT2D eigenvalue weighted by Crippen LogP contribution is -2.32. The number of ether oxygens (including phenoxy) is 1. The maximum atomic E-state index is 11.6. The Morgan fingerprint density at radius 2 is 2.38 bits per heavy atom. The average Bonchev–Trinajstić information content (AvgIpc) is 2.51. The summed E-state index contributed by atoms with van der Waals surface area (Å²) in [4.78, 5) is 13.5. The standard InChI is InChI=1S/C11H16BrNO2S/c1-2-15-11(14)13-5-3-8-9(12)7-16-10(8)4-6-13/h7-8,10H,2-6H2,1H3. The highest BCUT2D eigenvalue weighted by Gasteiger charge is 2.33. The monoisotopic (exact) mass is 305 g/mol. The van der Waals surface area contributed by atoms with Gasteiger partial charge in [0.15, 0.2) is 0 Å². The Labute approximate surface area is 109 Å². The molecule has 0 aromatic carbocycles. The molecule has 2 atom stereocenters. The minimum atomic E-state index is -0.160. The predicted molar refractivity (Wildman–Crippen MR) is 69.7 cm³/mol. The lowest BCUT2D eigenvalue weighted by atomic mass is 10.0. The predicted octanol–water partition coefficient (Wildman–Crippen LogP) is 3.21. The van der Waals surface area contributed by atoms with E-state index in [0.29, 0.717) is 17.8 Å². The fraction of sp³-hybridized carbons (Fsp3) is 0.727. The summed E-state index contributed by atoms with van der Waals surface area (Å²) in [5.74, 6) is 0.587. The number of carbonyl (C=O) groups is 1. The zero-order chi connectivity index (χ0) is 11.5. The second-order valence-corrected chi connectivity index (χ2v) is 6.08. The van der Waals surface area contributed by atoms with Crippen molar-refractivity contribution in [3.05, 3.63) is 9.89 Å². The van der Waals surface area contributed by atoms with Crippen LogP contribution in [0.4, 0.5) is 4.79 Å². The molecule has 0 bridgehead atoms. The van der Waals surface area contributed by atoms with Crippen LogP contribution in [0.25, 0.3) is 0 Å². The first kappa shape index (κ1) is 12.3. The van der Waals surface area contributed by atoms with E-state index in [1.165, 1.54) is 4.48 Å². The molecule has 0 aromatic rings. The molecule has 2 aliphatic rings. The highest BCUT2D eigenvalue weighted by atomic mass is 79.9. The van der Waals surface area contributed by atoms with Gasteiger partial charge in [0, 0.05) is 28.7 Å². The van der Waals surface area contributed by atoms with Crippen LogP contribution in [0, 0.1) is 5.92 Å². The van der Waals surface area contributed by atoms with Crippen LogP contribution in [0.15, 0.2) is 9.89 Å². The van der Waals surface area contributed by atoms with Crippen LogP contribution < -0.4 is 0 Å². The molecule has 0 aliphatic carbocycles. The quantitative estimate of drug-likeness (QED) is 0.745. The fourth-order valence-corrected chi connectivity index (χ4v) is 4.43. The van der Waals surface area contributed by atoms with Gasteiger partial charge < -0.3 is 9.64 Å². The van der Waals surface area contributed by atoms with Crippen LogP contribution in [-0.2, 0) is 4.74 Å². The molecule has 2 heterocycles. The summed E-state index contributed by atoms with van der Waals surface area (Å²) in [6.45, 7) is 3.94. The van der Waals surface area contributed by atoms with Gasteiger partial charge in [-0.05, 0) is 25.2 Å². The Bertz CT molecular complexity index is 308. The van der Waals surface area contributed by atoms with Gasteiger partial charge in [0.05, 0.1) is 6.61 Å². The molecule has 0 radical (unpaired) electrons. The minimum absolute atomic E-state index is 0.160. The van der Waals surface area contributed by atoms with Gasteiger partial charge in [-0.3, -0.25) is 0 Å². The van der Waals surface area contributed by atoms with Crippen molar-refractivity contribution in [2.24, 2.45) is 5.92 Å². The third-order valence-corrected chi connectivity index (χ3v) is 5.50. The number of rotatable bonds is 1. The molecule has 3 nitrogen and oxygen atoms in total. The molecule has 1 amide bonds. The molecular formula is C11H16BrNO2S. The number of fused-ring (bicyclic) bond motifs is 1. The summed E-state index contributed by atoms with van der Waals surface area (Å²) < 4.78 is 6.34. The molecule has 5 heteroatoms. The molecule has 0 aromatic heterocycles. The molecule has 0 N–H and O–H groups in total. The van der Waals surface area contributed by atoms with Gasteiger partial charge in [0.2, 0.25) is 0 Å². The summed E-state index contributed by atoms with van der Waals surface area (Å²) in [5.41, 5.74) is 0. The summed E-state index contributed by atoms with van der Waals surface area (Å²) in [6, 6.07) is 0. The number of halogens is 1. The lowest BCUT2D eigenvalue weighted by molar-refractivity contribution is 0.108. The number of likely N-dealkylation sites (tertiary alicyclic amines) is 1. The van der Waals surface area contributed by atoms with E-state index in [2.05, 4.69) is 21.3 Å². The van der Waals surface area contributed by atoms with Crippen molar-refractivity contribution in [2.75, 3.05) is 19.7 Å². The van der Waals surface area contributed by atoms with Crippen molar-refractivity contribution < 1.29 is 9.53 Å². The highest BCUT2D eigenvalue weighted by molar-refractivity contribution is 9.11. The largest absolute Gasteiger partial charge is 0.450 e. The SMILES string of the molecule is CCOC(=O)N1CCC2SC=C(Br)C2CC1. The molecule has 0 spiro atoms. The molecule has 16 heavy (non-hydrogen) atoms. The van der Waals surface area contributed by atoms with Gasteiger partial charge in [0.1, 0.15) is 0 Å². The maximum Gasteiger partial charge on any atom is 0.409 e. The van der Waals surface area contributed by atoms with Gasteiger partial charge >= 0.3 is 6.09 Å². The van der Waals surface area contributed by atoms with Gasteiger partial charge in [-0.25, -0.2) is 4.79 Å². The Hall–Kier alpha value is -0.160. The van der Waals surface area contributed by atoms with E-state index >= 15 is 0 Å². The van der Waals surface area contributed by atoms with Crippen LogP contribution in [0.1, 0.15) is 19.8 Å². The smallest absolute Gasteiger partial charge is 0.409 e. The number of amides is 1. The van der Waals surface area contributed by atoms with Crippen LogP contribution in [0.3, 0.4) is 0 Å². The Balaban J connectivity index is 1.94. The van der Waals surface area contributed by atoms with E-state index in [1.54, 1.807) is 0 Å². The topological polar surface area (TPSA) is 29.5 Å². The number of carbonyl (C=O) groups excluding carboxylic acids is 1. The molecule has 1 fully saturated rings. The van der Waals surface area contributed by atoms with Crippen molar-refractivity contribution in [3.8, 4) is 0 Å². The Morgan fingerprint density at radius 1 is 1.62 bits per heavy atom. The van der Waals surface area contributed by atoms with Crippen LogP contribution in [0.2, 0.25) is 0 Å². The zero-order valence-electron chi connectivity index (χ0n) is 9.32. The van der Waals surface area contributed by atoms with Crippen LogP contribution in [-0.4, -0.2) is 35.9 Å². The van der Waals surface area contributed by atoms with Crippen molar-refractivity contribution in [1.29, 1.82) is 0 Å². The summed E-state index contributed by atoms with van der Waals surface area (Å²) in [7, 11) is 0. The van der Waals surface area contributed by atoms with Crippen molar-refractivity contribution >= 4 is 33.8 Å². The van der Waals surface area contributed by atoms with E-state index < -0.39 is 0 Å². The van der Waals surface area contributed by atoms with Gasteiger partial charge in [-0.1, -0.05) is 15.9 Å². The molecular weight excluding hydrogens is 290 g/mol. The number of allylic oxidation sites excluding steroid dienone is 1. The van der Waals surface area contributed by atoms with Crippen molar-refractivity contribution in [3.63, 3.8) is 0 Å². The molecule has 90 valence electrons. The number of nitrogens with zero attached hydrogens (tertiary/aromatic N) is 1. The van der Waals surface area contributed by atoms with Gasteiger partial charge in [-0.2, -0.15) is 0 Å². The number of hydrogen-bond donors (Lipinski definition) is 0. The molecule has 0 saturated carbocycles. The number of thioether (sulfide) groups is 1. The van der Waals surface area contributed by atoms with Gasteiger partial charge in [0.25, 0.3) is 0 Å². The van der Waals surface area contributed by atoms with E-state index in [1.807, 2.05) is 23.6 Å². The second kappa shape index (κ2) is 5.45. The first-order chi connectivity index (χ1) is 7.72. The maximum absolute atomic E-state index is 11.6. The highest BCUT2D eigenvalue weighted by Crippen LogP contribution is 2.43. The third-order valence-electron chi connectivity index (χ3n) is 3.08. The van der Waals surface area contributed by atoms with E-state index in [-0.39, 0.29) is 6.09 Å². The van der Waals surface area contributed by atoms with Crippen molar-refractivity contribution in [2.45, 2.75) is 25.0 Å². The van der Waals surface area contributed by atoms with Crippen molar-refractivity contribution in [1.82, 2.24) is 4.90 Å². The van der Waals surface area contributed by atoms with E-state index in [0.717, 1.165) is 25.9 Å². The van der Waals surface area contributed by atoms with E-state index in [9.17, 15) is 4.79 Å². The molecule has 2 aliphatic heterocycles. The molecule has 2 unspecified atom stereocenters. The van der Waals surface area contributed by atoms with Gasteiger partial charge in [-0.15, -0.1) is 11.8 Å². The van der Waals surface area contributed by atoms with Crippen LogP contribution >= 0.6 is 27.7 Å². The third kappa shape index (κ3) is 2.56. The summed E-state index contributed by atoms with van der Waals surface area (Å²) in [6.07, 6.45) is 1.93. The first-order valence-corrected chi connectivity index (χ1v) is 7.38. The van der Waals surface area contributed by atoms with E-state index in [4.69, 9.17) is 4.74 Å². The first-order valence-electron chi connectivity index (χ1n) is 5.65. The fourth-order valence-electron chi connectivity index (χ4n) is 2.19. The lowest BCUT2D eigenvalue weighted by Gasteiger charge is -2.19. The number of hydrogen-bond acceptors (Lipinski definition) is 3. The average molecular weight is 306 g/mol. The second-order valence-electron chi connectivity index (χ2n) is 4.05. The zero-order valence-corrected chi connectivity index (χ0v) is 11.7. The molecule has 2 rings (SSSR count). The molecule has 1 saturated heterocycles. The van der Waals surface area contributed by atoms with Crippen LogP contribution in [0.5, 0.6) is 0 Å². The normalized spacial score (nSPS) is 29.4.